The van der Waals surface area contributed by atoms with Crippen LogP contribution in [0.3, 0.4) is 0 Å². The summed E-state index contributed by atoms with van der Waals surface area (Å²) in [6.07, 6.45) is 0. The molecule has 0 unspecified atom stereocenters. The van der Waals surface area contributed by atoms with Crippen molar-refractivity contribution in [3.8, 4) is 0 Å². The van der Waals surface area contributed by atoms with Crippen molar-refractivity contribution >= 4 is 45.8 Å². The fourth-order valence-electron chi connectivity index (χ4n) is 2.02. The summed E-state index contributed by atoms with van der Waals surface area (Å²) in [6.45, 7) is 4.60. The van der Waals surface area contributed by atoms with E-state index in [1.165, 1.54) is 0 Å². The Balaban J connectivity index is 2.36. The number of halogens is 2. The van der Waals surface area contributed by atoms with Gasteiger partial charge in [-0.2, -0.15) is 0 Å². The molecule has 0 heterocycles. The van der Waals surface area contributed by atoms with Crippen molar-refractivity contribution in [2.45, 2.75) is 13.8 Å². The molecule has 0 aliphatic heterocycles. The summed E-state index contributed by atoms with van der Waals surface area (Å²) < 4.78 is 0.944. The van der Waals surface area contributed by atoms with Crippen LogP contribution < -0.4 is 4.90 Å². The second kappa shape index (κ2) is 6.59. The summed E-state index contributed by atoms with van der Waals surface area (Å²) >= 11 is 8.25. The summed E-state index contributed by atoms with van der Waals surface area (Å²) in [6, 6.07) is 13.3. The second-order valence-electron chi connectivity index (χ2n) is 4.52. The Labute approximate surface area is 137 Å². The number of aryl methyl sites for hydroxylation is 1. The fraction of sp³-hybridized carbons (Fsp3) is 0.188. The van der Waals surface area contributed by atoms with E-state index in [0.717, 1.165) is 14.8 Å². The highest BCUT2D eigenvalue weighted by molar-refractivity contribution is 14.1. The lowest BCUT2D eigenvalue weighted by molar-refractivity contribution is 0.0988. The molecule has 0 saturated heterocycles. The molecule has 0 aliphatic rings. The van der Waals surface area contributed by atoms with Crippen LogP contribution in [0, 0.1) is 10.5 Å². The molecule has 0 fully saturated rings. The molecule has 1 amide bonds. The first kappa shape index (κ1) is 15.3. The number of anilines is 1. The van der Waals surface area contributed by atoms with Crippen LogP contribution in [0.1, 0.15) is 22.8 Å². The zero-order valence-corrected chi connectivity index (χ0v) is 14.3. The number of carbonyl (C=O) groups is 1. The molecule has 0 bridgehead atoms. The van der Waals surface area contributed by atoms with Gasteiger partial charge in [0.25, 0.3) is 5.91 Å². The van der Waals surface area contributed by atoms with Gasteiger partial charge < -0.3 is 4.90 Å². The van der Waals surface area contributed by atoms with Crippen molar-refractivity contribution in [1.29, 1.82) is 0 Å². The van der Waals surface area contributed by atoms with Crippen LogP contribution in [-0.4, -0.2) is 12.5 Å². The molecule has 0 atom stereocenters. The Morgan fingerprint density at radius 1 is 1.25 bits per heavy atom. The van der Waals surface area contributed by atoms with Crippen LogP contribution >= 0.6 is 34.2 Å². The second-order valence-corrected chi connectivity index (χ2v) is 6.09. The topological polar surface area (TPSA) is 20.3 Å². The Morgan fingerprint density at radius 2 is 2.00 bits per heavy atom. The minimum absolute atomic E-state index is 0.0311. The zero-order chi connectivity index (χ0) is 14.7. The predicted molar refractivity (Wildman–Crippen MR) is 92.7 cm³/mol. The number of carbonyl (C=O) groups excluding carboxylic acids is 1. The minimum Gasteiger partial charge on any atom is -0.309 e. The van der Waals surface area contributed by atoms with E-state index in [9.17, 15) is 4.79 Å². The van der Waals surface area contributed by atoms with E-state index in [1.807, 2.05) is 50.2 Å². The minimum atomic E-state index is -0.0311. The monoisotopic (exact) mass is 399 g/mol. The summed E-state index contributed by atoms with van der Waals surface area (Å²) in [7, 11) is 0. The van der Waals surface area contributed by atoms with Gasteiger partial charge in [-0.05, 0) is 72.3 Å². The SMILES string of the molecule is CCN(C(=O)c1ccc(I)c(Cl)c1)c1cccc(C)c1. The normalized spacial score (nSPS) is 10.4. The summed E-state index contributed by atoms with van der Waals surface area (Å²) in [5.74, 6) is -0.0311. The molecule has 2 aromatic carbocycles. The van der Waals surface area contributed by atoms with Gasteiger partial charge in [-0.3, -0.25) is 4.79 Å². The fourth-order valence-corrected chi connectivity index (χ4v) is 2.54. The summed E-state index contributed by atoms with van der Waals surface area (Å²) in [5.41, 5.74) is 2.65. The van der Waals surface area contributed by atoms with Crippen molar-refractivity contribution in [2.24, 2.45) is 0 Å². The molecule has 20 heavy (non-hydrogen) atoms. The lowest BCUT2D eigenvalue weighted by Gasteiger charge is -2.21. The molecule has 2 rings (SSSR count). The van der Waals surface area contributed by atoms with Gasteiger partial charge in [-0.15, -0.1) is 0 Å². The lowest BCUT2D eigenvalue weighted by atomic mass is 10.1. The van der Waals surface area contributed by atoms with E-state index in [4.69, 9.17) is 11.6 Å². The molecule has 2 nitrogen and oxygen atoms in total. The largest absolute Gasteiger partial charge is 0.309 e. The van der Waals surface area contributed by atoms with Crippen LogP contribution in [-0.2, 0) is 0 Å². The molecular weight excluding hydrogens is 385 g/mol. The molecule has 0 aromatic heterocycles. The van der Waals surface area contributed by atoms with E-state index in [1.54, 1.807) is 11.0 Å². The highest BCUT2D eigenvalue weighted by Gasteiger charge is 2.16. The van der Waals surface area contributed by atoms with Gasteiger partial charge in [0, 0.05) is 21.4 Å². The maximum Gasteiger partial charge on any atom is 0.258 e. The number of rotatable bonds is 3. The van der Waals surface area contributed by atoms with Crippen LogP contribution in [0.15, 0.2) is 42.5 Å². The standard InChI is InChI=1S/C16H15ClINO/c1-3-19(13-6-4-5-11(2)9-13)16(20)12-7-8-15(18)14(17)10-12/h4-10H,3H2,1-2H3. The molecule has 0 spiro atoms. The Hall–Kier alpha value is -1.07. The average molecular weight is 400 g/mol. The maximum absolute atomic E-state index is 12.6. The van der Waals surface area contributed by atoms with Gasteiger partial charge in [0.05, 0.1) is 5.02 Å². The number of benzene rings is 2. The molecule has 2 aromatic rings. The van der Waals surface area contributed by atoms with Crippen LogP contribution in [0.2, 0.25) is 5.02 Å². The summed E-state index contributed by atoms with van der Waals surface area (Å²) in [5, 5.41) is 0.608. The maximum atomic E-state index is 12.6. The molecule has 0 radical (unpaired) electrons. The number of nitrogens with zero attached hydrogens (tertiary/aromatic N) is 1. The Kier molecular flexibility index (Phi) is 5.05. The molecule has 4 heteroatoms. The van der Waals surface area contributed by atoms with E-state index in [-0.39, 0.29) is 5.91 Å². The molecule has 0 aliphatic carbocycles. The van der Waals surface area contributed by atoms with Crippen molar-refractivity contribution in [1.82, 2.24) is 0 Å². The Morgan fingerprint density at radius 3 is 2.60 bits per heavy atom. The van der Waals surface area contributed by atoms with Crippen LogP contribution in [0.5, 0.6) is 0 Å². The first-order valence-electron chi connectivity index (χ1n) is 6.36. The van der Waals surface area contributed by atoms with E-state index >= 15 is 0 Å². The van der Waals surface area contributed by atoms with E-state index < -0.39 is 0 Å². The quantitative estimate of drug-likeness (QED) is 0.671. The number of hydrogen-bond acceptors (Lipinski definition) is 1. The zero-order valence-electron chi connectivity index (χ0n) is 11.4. The summed E-state index contributed by atoms with van der Waals surface area (Å²) in [4.78, 5) is 14.4. The van der Waals surface area contributed by atoms with Gasteiger partial charge in [-0.25, -0.2) is 0 Å². The third-order valence-corrected chi connectivity index (χ3v) is 4.61. The van der Waals surface area contributed by atoms with Gasteiger partial charge in [0.15, 0.2) is 0 Å². The predicted octanol–water partition coefficient (Wildman–Crippen LogP) is 4.92. The van der Waals surface area contributed by atoms with Gasteiger partial charge in [0.1, 0.15) is 0 Å². The third-order valence-electron chi connectivity index (χ3n) is 3.04. The molecule has 0 saturated carbocycles. The van der Waals surface area contributed by atoms with Crippen LogP contribution in [0.25, 0.3) is 0 Å². The smallest absolute Gasteiger partial charge is 0.258 e. The van der Waals surface area contributed by atoms with Gasteiger partial charge >= 0.3 is 0 Å². The molecular formula is C16H15ClINO. The van der Waals surface area contributed by atoms with E-state index in [2.05, 4.69) is 22.6 Å². The van der Waals surface area contributed by atoms with Crippen molar-refractivity contribution in [3.05, 3.63) is 62.2 Å². The van der Waals surface area contributed by atoms with Crippen molar-refractivity contribution < 1.29 is 4.79 Å². The number of amides is 1. The van der Waals surface area contributed by atoms with Gasteiger partial charge in [0.2, 0.25) is 0 Å². The first-order valence-corrected chi connectivity index (χ1v) is 7.82. The first-order chi connectivity index (χ1) is 9.52. The van der Waals surface area contributed by atoms with Gasteiger partial charge in [-0.1, -0.05) is 23.7 Å². The third kappa shape index (κ3) is 3.33. The van der Waals surface area contributed by atoms with Crippen molar-refractivity contribution in [3.63, 3.8) is 0 Å². The Bertz CT molecular complexity index is 642. The lowest BCUT2D eigenvalue weighted by Crippen LogP contribution is -2.30. The molecule has 0 N–H and O–H groups in total. The highest BCUT2D eigenvalue weighted by atomic mass is 127. The van der Waals surface area contributed by atoms with E-state index in [0.29, 0.717) is 17.1 Å². The average Bonchev–Trinajstić information content (AvgIpc) is 2.42. The highest BCUT2D eigenvalue weighted by Crippen LogP contribution is 2.23. The van der Waals surface area contributed by atoms with Crippen LogP contribution in [0.4, 0.5) is 5.69 Å². The number of hydrogen-bond donors (Lipinski definition) is 0. The van der Waals surface area contributed by atoms with Crippen molar-refractivity contribution in [2.75, 3.05) is 11.4 Å². The molecule has 104 valence electrons.